The predicted octanol–water partition coefficient (Wildman–Crippen LogP) is 5.66. The third-order valence-electron chi connectivity index (χ3n) is 7.91. The molecular weight excluding hydrogens is 472 g/mol. The normalized spacial score (nSPS) is 16.5. The lowest BCUT2D eigenvalue weighted by molar-refractivity contribution is 0.152. The molecule has 192 valence electrons. The summed E-state index contributed by atoms with van der Waals surface area (Å²) in [6.45, 7) is 4.43. The molecule has 0 amide bonds. The molecule has 2 aromatic heterocycles. The van der Waals surface area contributed by atoms with E-state index in [9.17, 15) is 13.6 Å². The van der Waals surface area contributed by atoms with E-state index in [4.69, 9.17) is 0 Å². The minimum absolute atomic E-state index is 0.0272. The highest BCUT2D eigenvalue weighted by molar-refractivity contribution is 5.95. The van der Waals surface area contributed by atoms with Crippen molar-refractivity contribution in [2.75, 3.05) is 24.5 Å². The lowest BCUT2D eigenvalue weighted by atomic mass is 9.92. The molecule has 0 unspecified atom stereocenters. The summed E-state index contributed by atoms with van der Waals surface area (Å²) in [6, 6.07) is 11.7. The van der Waals surface area contributed by atoms with Crippen LogP contribution < -0.4 is 15.8 Å². The molecule has 2 aromatic carbocycles. The first-order chi connectivity index (χ1) is 17.9. The van der Waals surface area contributed by atoms with E-state index in [1.165, 1.54) is 0 Å². The summed E-state index contributed by atoms with van der Waals surface area (Å²) >= 11 is 0. The number of nitrogens with one attached hydrogen (secondary N) is 1. The molecule has 4 heterocycles. The minimum atomic E-state index is -2.61. The topological polar surface area (TPSA) is 55.1 Å². The number of aryl methyl sites for hydroxylation is 3. The number of rotatable bonds is 4. The van der Waals surface area contributed by atoms with Gasteiger partial charge in [-0.15, -0.1) is 0 Å². The lowest BCUT2D eigenvalue weighted by Crippen LogP contribution is -2.29. The zero-order chi connectivity index (χ0) is 25.7. The zero-order valence-corrected chi connectivity index (χ0v) is 21.2. The molecule has 0 aliphatic carbocycles. The van der Waals surface area contributed by atoms with Crippen molar-refractivity contribution in [1.82, 2.24) is 19.7 Å². The number of anilines is 2. The first kappa shape index (κ1) is 23.9. The van der Waals surface area contributed by atoms with Gasteiger partial charge in [-0.1, -0.05) is 6.07 Å². The molecule has 1 N–H and O–H groups in total. The number of halogens is 2. The first-order valence-electron chi connectivity index (χ1n) is 13.0. The van der Waals surface area contributed by atoms with E-state index in [0.29, 0.717) is 17.2 Å². The lowest BCUT2D eigenvalue weighted by Gasteiger charge is -2.33. The smallest absolute Gasteiger partial charge is 0.264 e. The van der Waals surface area contributed by atoms with Gasteiger partial charge in [0.2, 0.25) is 0 Å². The highest BCUT2D eigenvalue weighted by atomic mass is 19.3. The van der Waals surface area contributed by atoms with Gasteiger partial charge in [0.1, 0.15) is 0 Å². The summed E-state index contributed by atoms with van der Waals surface area (Å²) in [5, 5.41) is 8.86. The van der Waals surface area contributed by atoms with E-state index in [1.54, 1.807) is 23.9 Å². The Balaban J connectivity index is 1.46. The molecule has 6 nitrogen and oxygen atoms in total. The Hall–Kier alpha value is -3.52. The molecule has 0 bridgehead atoms. The quantitative estimate of drug-likeness (QED) is 0.391. The molecule has 8 heteroatoms. The summed E-state index contributed by atoms with van der Waals surface area (Å²) in [6.07, 6.45) is 4.75. The average Bonchev–Trinajstić information content (AvgIpc) is 3.41. The Morgan fingerprint density at radius 1 is 1.11 bits per heavy atom. The molecule has 0 atom stereocenters. The van der Waals surface area contributed by atoms with Gasteiger partial charge in [0.25, 0.3) is 12.0 Å². The van der Waals surface area contributed by atoms with Crippen LogP contribution in [0.4, 0.5) is 20.2 Å². The van der Waals surface area contributed by atoms with Crippen LogP contribution in [0.1, 0.15) is 48.4 Å². The van der Waals surface area contributed by atoms with Crippen molar-refractivity contribution in [3.05, 3.63) is 75.8 Å². The van der Waals surface area contributed by atoms with Gasteiger partial charge in [0.05, 0.1) is 23.4 Å². The Morgan fingerprint density at radius 3 is 2.70 bits per heavy atom. The summed E-state index contributed by atoms with van der Waals surface area (Å²) in [5.74, 6) is 0. The number of nitrogens with zero attached hydrogens (tertiary/aromatic N) is 4. The maximum absolute atomic E-state index is 14.5. The minimum Gasteiger partial charge on any atom is -0.341 e. The van der Waals surface area contributed by atoms with Crippen molar-refractivity contribution in [3.8, 4) is 11.1 Å². The molecule has 1 saturated heterocycles. The Morgan fingerprint density at radius 2 is 1.92 bits per heavy atom. The second kappa shape index (κ2) is 9.41. The highest BCUT2D eigenvalue weighted by Crippen LogP contribution is 2.43. The Kier molecular flexibility index (Phi) is 6.07. The third-order valence-corrected chi connectivity index (χ3v) is 7.91. The average molecular weight is 504 g/mol. The first-order valence-corrected chi connectivity index (χ1v) is 13.0. The van der Waals surface area contributed by atoms with Crippen molar-refractivity contribution in [1.29, 1.82) is 0 Å². The van der Waals surface area contributed by atoms with Crippen LogP contribution in [0.25, 0.3) is 22.0 Å². The number of hydrogen-bond donors (Lipinski definition) is 1. The molecular formula is C29H31F2N5O. The van der Waals surface area contributed by atoms with Gasteiger partial charge in [-0.25, -0.2) is 8.78 Å². The van der Waals surface area contributed by atoms with Crippen LogP contribution in [-0.4, -0.2) is 34.0 Å². The highest BCUT2D eigenvalue weighted by Gasteiger charge is 2.26. The van der Waals surface area contributed by atoms with Gasteiger partial charge in [-0.3, -0.25) is 9.48 Å². The second-order valence-corrected chi connectivity index (χ2v) is 10.2. The Bertz CT molecular complexity index is 1530. The number of hydrogen-bond acceptors (Lipinski definition) is 4. The van der Waals surface area contributed by atoms with Crippen LogP contribution in [0, 0.1) is 6.92 Å². The second-order valence-electron chi connectivity index (χ2n) is 10.2. The van der Waals surface area contributed by atoms with E-state index in [0.717, 1.165) is 78.7 Å². The van der Waals surface area contributed by atoms with Crippen molar-refractivity contribution in [3.63, 3.8) is 0 Å². The number of pyridine rings is 1. The van der Waals surface area contributed by atoms with Gasteiger partial charge in [-0.2, -0.15) is 5.10 Å². The van der Waals surface area contributed by atoms with E-state index >= 15 is 0 Å². The van der Waals surface area contributed by atoms with Crippen molar-refractivity contribution in [2.24, 2.45) is 7.05 Å². The van der Waals surface area contributed by atoms with Crippen LogP contribution in [0.15, 0.2) is 53.6 Å². The fraction of sp³-hybridized carbons (Fsp3) is 0.379. The molecule has 0 saturated carbocycles. The van der Waals surface area contributed by atoms with E-state index in [1.807, 2.05) is 48.1 Å². The van der Waals surface area contributed by atoms with Crippen LogP contribution in [-0.2, 0) is 13.5 Å². The summed E-state index contributed by atoms with van der Waals surface area (Å²) < 4.78 is 32.6. The summed E-state index contributed by atoms with van der Waals surface area (Å²) in [7, 11) is 1.77. The number of fused-ring (bicyclic) bond motifs is 2. The van der Waals surface area contributed by atoms with Crippen LogP contribution in [0.2, 0.25) is 0 Å². The largest absolute Gasteiger partial charge is 0.341 e. The van der Waals surface area contributed by atoms with Gasteiger partial charge < -0.3 is 14.8 Å². The fourth-order valence-corrected chi connectivity index (χ4v) is 5.95. The molecule has 0 radical (unpaired) electrons. The predicted molar refractivity (Wildman–Crippen MR) is 143 cm³/mol. The van der Waals surface area contributed by atoms with Crippen LogP contribution in [0.3, 0.4) is 0 Å². The van der Waals surface area contributed by atoms with Gasteiger partial charge in [0.15, 0.2) is 0 Å². The van der Waals surface area contributed by atoms with E-state index < -0.39 is 6.43 Å². The van der Waals surface area contributed by atoms with E-state index in [-0.39, 0.29) is 11.1 Å². The van der Waals surface area contributed by atoms with Crippen LogP contribution in [0.5, 0.6) is 0 Å². The summed E-state index contributed by atoms with van der Waals surface area (Å²) in [4.78, 5) is 14.7. The summed E-state index contributed by atoms with van der Waals surface area (Å²) in [5.41, 5.74) is 5.59. The SMILES string of the molecule is Cc1cc2c(N3CCCc4cc(-c5cnn(C6CCNCC6)c5)c(C(F)F)cc43)cccc2n(C)c1=O. The third kappa shape index (κ3) is 4.13. The molecule has 0 spiro atoms. The van der Waals surface area contributed by atoms with Gasteiger partial charge >= 0.3 is 0 Å². The number of piperidine rings is 1. The van der Waals surface area contributed by atoms with Crippen molar-refractivity contribution in [2.45, 2.75) is 45.1 Å². The molecule has 6 rings (SSSR count). The maximum atomic E-state index is 14.5. The molecule has 2 aliphatic heterocycles. The van der Waals surface area contributed by atoms with Crippen molar-refractivity contribution >= 4 is 22.3 Å². The van der Waals surface area contributed by atoms with Gasteiger partial charge in [0, 0.05) is 47.6 Å². The van der Waals surface area contributed by atoms with Crippen molar-refractivity contribution < 1.29 is 8.78 Å². The van der Waals surface area contributed by atoms with Gasteiger partial charge in [-0.05, 0) is 87.2 Å². The van der Waals surface area contributed by atoms with E-state index in [2.05, 4.69) is 15.3 Å². The standard InChI is InChI=1S/C29H31F2N5O/c1-18-13-24-25(34(2)29(18)37)6-3-7-26(24)35-12-4-5-19-14-22(23(28(30)31)15-27(19)35)20-16-33-36(17-20)21-8-10-32-11-9-21/h3,6-7,13-17,21,28,32H,4-5,8-12H2,1-2H3. The maximum Gasteiger partial charge on any atom is 0.264 e. The zero-order valence-electron chi connectivity index (χ0n) is 21.2. The number of benzene rings is 2. The molecule has 4 aromatic rings. The molecule has 37 heavy (non-hydrogen) atoms. The van der Waals surface area contributed by atoms with Crippen LogP contribution >= 0.6 is 0 Å². The number of aromatic nitrogens is 3. The number of alkyl halides is 2. The molecule has 2 aliphatic rings. The monoisotopic (exact) mass is 503 g/mol. The Labute approximate surface area is 214 Å². The molecule has 1 fully saturated rings. The fourth-order valence-electron chi connectivity index (χ4n) is 5.95.